The summed E-state index contributed by atoms with van der Waals surface area (Å²) in [6.07, 6.45) is 6.17. The van der Waals surface area contributed by atoms with Gasteiger partial charge in [-0.25, -0.2) is 0 Å². The number of rotatable bonds is 4. The highest BCUT2D eigenvalue weighted by molar-refractivity contribution is 5.76. The minimum atomic E-state index is 0.324. The molecule has 0 unspecified atom stereocenters. The summed E-state index contributed by atoms with van der Waals surface area (Å²) in [5.41, 5.74) is 7.69. The predicted octanol–water partition coefficient (Wildman–Crippen LogP) is 2.60. The number of nitrogen functional groups attached to an aromatic ring is 1. The smallest absolute Gasteiger partial charge is 0.222 e. The molecule has 3 nitrogen and oxygen atoms in total. The lowest BCUT2D eigenvalue weighted by Crippen LogP contribution is -2.35. The Morgan fingerprint density at radius 1 is 1.11 bits per heavy atom. The Balaban J connectivity index is 1.71. The second-order valence-electron chi connectivity index (χ2n) is 5.04. The van der Waals surface area contributed by atoms with E-state index in [1.165, 1.54) is 24.8 Å². The Morgan fingerprint density at radius 3 is 2.44 bits per heavy atom. The van der Waals surface area contributed by atoms with Crippen LogP contribution in [0, 0.1) is 0 Å². The molecule has 1 heterocycles. The van der Waals surface area contributed by atoms with E-state index in [0.717, 1.165) is 31.6 Å². The third-order valence-corrected chi connectivity index (χ3v) is 3.54. The lowest BCUT2D eigenvalue weighted by molar-refractivity contribution is -0.132. The molecule has 2 rings (SSSR count). The molecule has 0 saturated carbocycles. The molecule has 0 atom stereocenters. The molecule has 3 heteroatoms. The quantitative estimate of drug-likeness (QED) is 0.830. The van der Waals surface area contributed by atoms with Crippen LogP contribution < -0.4 is 5.73 Å². The molecule has 98 valence electrons. The fourth-order valence-corrected chi connectivity index (χ4v) is 2.43. The summed E-state index contributed by atoms with van der Waals surface area (Å²) in [5, 5.41) is 0. The lowest BCUT2D eigenvalue weighted by Gasteiger charge is -2.26. The van der Waals surface area contributed by atoms with Crippen LogP contribution >= 0.6 is 0 Å². The van der Waals surface area contributed by atoms with Crippen molar-refractivity contribution < 1.29 is 4.79 Å². The molecule has 1 aromatic rings. The van der Waals surface area contributed by atoms with Crippen LogP contribution in [0.5, 0.6) is 0 Å². The van der Waals surface area contributed by atoms with Crippen LogP contribution in [-0.4, -0.2) is 23.9 Å². The number of hydrogen-bond acceptors (Lipinski definition) is 2. The third-order valence-electron chi connectivity index (χ3n) is 3.54. The normalized spacial score (nSPS) is 15.7. The van der Waals surface area contributed by atoms with E-state index in [1.807, 2.05) is 29.2 Å². The van der Waals surface area contributed by atoms with Crippen LogP contribution in [-0.2, 0) is 11.2 Å². The summed E-state index contributed by atoms with van der Waals surface area (Å²) in [7, 11) is 0. The summed E-state index contributed by atoms with van der Waals surface area (Å²) in [4.78, 5) is 14.0. The maximum absolute atomic E-state index is 11.9. The van der Waals surface area contributed by atoms with Gasteiger partial charge in [0.05, 0.1) is 0 Å². The summed E-state index contributed by atoms with van der Waals surface area (Å²) in [6.45, 7) is 1.92. The molecule has 1 aromatic carbocycles. The van der Waals surface area contributed by atoms with Gasteiger partial charge in [0.2, 0.25) is 5.91 Å². The monoisotopic (exact) mass is 246 g/mol. The van der Waals surface area contributed by atoms with Crippen molar-refractivity contribution in [2.75, 3.05) is 18.8 Å². The van der Waals surface area contributed by atoms with Gasteiger partial charge >= 0.3 is 0 Å². The fourth-order valence-electron chi connectivity index (χ4n) is 2.43. The zero-order valence-electron chi connectivity index (χ0n) is 10.9. The van der Waals surface area contributed by atoms with Crippen molar-refractivity contribution >= 4 is 11.6 Å². The van der Waals surface area contributed by atoms with Gasteiger partial charge in [-0.2, -0.15) is 0 Å². The number of carbonyl (C=O) groups excluding carboxylic acids is 1. The largest absolute Gasteiger partial charge is 0.399 e. The highest BCUT2D eigenvalue weighted by Crippen LogP contribution is 2.13. The first kappa shape index (κ1) is 12.9. The zero-order valence-corrected chi connectivity index (χ0v) is 10.9. The lowest BCUT2D eigenvalue weighted by atomic mass is 10.1. The van der Waals surface area contributed by atoms with Crippen molar-refractivity contribution in [1.82, 2.24) is 4.90 Å². The van der Waals surface area contributed by atoms with Crippen molar-refractivity contribution in [1.29, 1.82) is 0 Å². The van der Waals surface area contributed by atoms with E-state index < -0.39 is 0 Å². The van der Waals surface area contributed by atoms with Crippen LogP contribution in [0.15, 0.2) is 24.3 Å². The number of amides is 1. The van der Waals surface area contributed by atoms with Crippen LogP contribution in [0.3, 0.4) is 0 Å². The molecule has 0 aromatic heterocycles. The second-order valence-corrected chi connectivity index (χ2v) is 5.04. The molecular weight excluding hydrogens is 224 g/mol. The minimum Gasteiger partial charge on any atom is -0.399 e. The van der Waals surface area contributed by atoms with Gasteiger partial charge in [-0.05, 0) is 49.8 Å². The van der Waals surface area contributed by atoms with E-state index in [4.69, 9.17) is 5.73 Å². The van der Waals surface area contributed by atoms with Crippen LogP contribution in [0.1, 0.15) is 37.7 Å². The van der Waals surface area contributed by atoms with E-state index in [9.17, 15) is 4.79 Å². The first-order valence-electron chi connectivity index (χ1n) is 6.88. The second kappa shape index (κ2) is 6.43. The zero-order chi connectivity index (χ0) is 12.8. The standard InChI is InChI=1S/C15H22N2O/c16-14-9-7-13(8-10-14)5-4-6-15(18)17-11-2-1-3-12-17/h7-10H,1-6,11-12,16H2. The van der Waals surface area contributed by atoms with Crippen LogP contribution in [0.25, 0.3) is 0 Å². The minimum absolute atomic E-state index is 0.324. The average Bonchev–Trinajstić information content (AvgIpc) is 2.42. The van der Waals surface area contributed by atoms with Crippen LogP contribution in [0.4, 0.5) is 5.69 Å². The number of carbonyl (C=O) groups is 1. The number of benzene rings is 1. The molecular formula is C15H22N2O. The van der Waals surface area contributed by atoms with E-state index in [-0.39, 0.29) is 0 Å². The summed E-state index contributed by atoms with van der Waals surface area (Å²) < 4.78 is 0. The van der Waals surface area contributed by atoms with Gasteiger partial charge < -0.3 is 10.6 Å². The molecule has 1 saturated heterocycles. The van der Waals surface area contributed by atoms with E-state index in [0.29, 0.717) is 12.3 Å². The predicted molar refractivity (Wildman–Crippen MR) is 74.2 cm³/mol. The van der Waals surface area contributed by atoms with Gasteiger partial charge in [-0.3, -0.25) is 4.79 Å². The maximum Gasteiger partial charge on any atom is 0.222 e. The van der Waals surface area contributed by atoms with Crippen molar-refractivity contribution in [2.45, 2.75) is 38.5 Å². The van der Waals surface area contributed by atoms with E-state index in [1.54, 1.807) is 0 Å². The number of anilines is 1. The highest BCUT2D eigenvalue weighted by Gasteiger charge is 2.15. The van der Waals surface area contributed by atoms with Crippen molar-refractivity contribution in [3.8, 4) is 0 Å². The van der Waals surface area contributed by atoms with E-state index >= 15 is 0 Å². The Morgan fingerprint density at radius 2 is 1.78 bits per heavy atom. The van der Waals surface area contributed by atoms with Crippen LogP contribution in [0.2, 0.25) is 0 Å². The first-order chi connectivity index (χ1) is 8.75. The molecule has 1 amide bonds. The molecule has 1 aliphatic heterocycles. The Bertz CT molecular complexity index is 380. The van der Waals surface area contributed by atoms with Gasteiger partial charge in [0.15, 0.2) is 0 Å². The molecule has 0 radical (unpaired) electrons. The maximum atomic E-state index is 11.9. The molecule has 0 aliphatic carbocycles. The summed E-state index contributed by atoms with van der Waals surface area (Å²) in [6, 6.07) is 7.92. The fraction of sp³-hybridized carbons (Fsp3) is 0.533. The average molecular weight is 246 g/mol. The topological polar surface area (TPSA) is 46.3 Å². The van der Waals surface area contributed by atoms with Gasteiger partial charge in [0, 0.05) is 25.2 Å². The Labute approximate surface area is 109 Å². The molecule has 0 bridgehead atoms. The van der Waals surface area contributed by atoms with E-state index in [2.05, 4.69) is 0 Å². The number of nitrogens with zero attached hydrogens (tertiary/aromatic N) is 1. The van der Waals surface area contributed by atoms with Crippen molar-refractivity contribution in [2.24, 2.45) is 0 Å². The molecule has 0 spiro atoms. The molecule has 2 N–H and O–H groups in total. The first-order valence-corrected chi connectivity index (χ1v) is 6.88. The Kier molecular flexibility index (Phi) is 4.62. The number of aryl methyl sites for hydroxylation is 1. The molecule has 1 aliphatic rings. The van der Waals surface area contributed by atoms with Crippen molar-refractivity contribution in [3.05, 3.63) is 29.8 Å². The number of likely N-dealkylation sites (tertiary alicyclic amines) is 1. The number of nitrogens with two attached hydrogens (primary N) is 1. The van der Waals surface area contributed by atoms with Gasteiger partial charge in [0.1, 0.15) is 0 Å². The third kappa shape index (κ3) is 3.76. The molecule has 1 fully saturated rings. The number of piperidine rings is 1. The molecule has 18 heavy (non-hydrogen) atoms. The summed E-state index contributed by atoms with van der Waals surface area (Å²) >= 11 is 0. The summed E-state index contributed by atoms with van der Waals surface area (Å²) in [5.74, 6) is 0.324. The van der Waals surface area contributed by atoms with Crippen molar-refractivity contribution in [3.63, 3.8) is 0 Å². The van der Waals surface area contributed by atoms with Gasteiger partial charge in [-0.1, -0.05) is 12.1 Å². The highest BCUT2D eigenvalue weighted by atomic mass is 16.2. The van der Waals surface area contributed by atoms with Gasteiger partial charge in [-0.15, -0.1) is 0 Å². The van der Waals surface area contributed by atoms with Gasteiger partial charge in [0.25, 0.3) is 0 Å². The number of hydrogen-bond donors (Lipinski definition) is 1. The SMILES string of the molecule is Nc1ccc(CCCC(=O)N2CCCCC2)cc1. The Hall–Kier alpha value is -1.51.